The van der Waals surface area contributed by atoms with Gasteiger partial charge in [0.15, 0.2) is 6.61 Å². The van der Waals surface area contributed by atoms with Crippen molar-refractivity contribution in [3.8, 4) is 23.0 Å². The fourth-order valence-corrected chi connectivity index (χ4v) is 3.04. The van der Waals surface area contributed by atoms with Crippen LogP contribution in [0.15, 0.2) is 46.9 Å². The average molecular weight is 484 g/mol. The van der Waals surface area contributed by atoms with E-state index in [-0.39, 0.29) is 35.6 Å². The van der Waals surface area contributed by atoms with Gasteiger partial charge in [-0.2, -0.15) is 0 Å². The van der Waals surface area contributed by atoms with Crippen molar-refractivity contribution in [1.82, 2.24) is 15.5 Å². The van der Waals surface area contributed by atoms with Gasteiger partial charge in [0.2, 0.25) is 5.89 Å². The highest BCUT2D eigenvalue weighted by Crippen LogP contribution is 2.23. The van der Waals surface area contributed by atoms with Crippen LogP contribution in [0, 0.1) is 16.0 Å². The maximum absolute atomic E-state index is 12.8. The largest absolute Gasteiger partial charge is 0.497 e. The van der Waals surface area contributed by atoms with E-state index >= 15 is 0 Å². The number of nitrogens with one attached hydrogen (secondary N) is 1. The van der Waals surface area contributed by atoms with Crippen molar-refractivity contribution in [2.24, 2.45) is 5.92 Å². The predicted molar refractivity (Wildman–Crippen MR) is 122 cm³/mol. The maximum Gasteiger partial charge on any atom is 0.329 e. The lowest BCUT2D eigenvalue weighted by Gasteiger charge is -2.20. The van der Waals surface area contributed by atoms with Crippen LogP contribution in [0.1, 0.15) is 30.1 Å². The second-order valence-corrected chi connectivity index (χ2v) is 7.71. The zero-order chi connectivity index (χ0) is 25.5. The number of hydrogen-bond acceptors (Lipinski definition) is 10. The van der Waals surface area contributed by atoms with Crippen LogP contribution in [-0.2, 0) is 16.1 Å². The Kier molecular flexibility index (Phi) is 7.97. The first-order valence-corrected chi connectivity index (χ1v) is 10.5. The van der Waals surface area contributed by atoms with E-state index in [4.69, 9.17) is 18.6 Å². The van der Waals surface area contributed by atoms with E-state index in [0.29, 0.717) is 17.1 Å². The number of methoxy groups -OCH3 is 2. The summed E-state index contributed by atoms with van der Waals surface area (Å²) in [5.74, 6) is -0.465. The first-order chi connectivity index (χ1) is 16.7. The van der Waals surface area contributed by atoms with Gasteiger partial charge in [0.1, 0.15) is 17.5 Å². The molecule has 3 aromatic rings. The molecule has 2 aromatic carbocycles. The molecule has 0 aliphatic heterocycles. The van der Waals surface area contributed by atoms with E-state index < -0.39 is 22.8 Å². The summed E-state index contributed by atoms with van der Waals surface area (Å²) in [4.78, 5) is 35.8. The summed E-state index contributed by atoms with van der Waals surface area (Å²) in [6.45, 7) is 3.21. The van der Waals surface area contributed by atoms with Gasteiger partial charge in [-0.15, -0.1) is 10.2 Å². The molecule has 12 heteroatoms. The van der Waals surface area contributed by atoms with Crippen LogP contribution < -0.4 is 14.8 Å². The number of nitro groups is 1. The monoisotopic (exact) mass is 484 g/mol. The molecule has 0 bridgehead atoms. The van der Waals surface area contributed by atoms with E-state index in [2.05, 4.69) is 15.5 Å². The quantitative estimate of drug-likeness (QED) is 0.257. The summed E-state index contributed by atoms with van der Waals surface area (Å²) in [5.41, 5.74) is 0.655. The maximum atomic E-state index is 12.8. The third-order valence-corrected chi connectivity index (χ3v) is 4.95. The number of aromatic nitrogens is 2. The summed E-state index contributed by atoms with van der Waals surface area (Å²) in [7, 11) is 2.94. The number of nitrogens with zero attached hydrogens (tertiary/aromatic N) is 3. The standard InChI is InChI=1S/C23H24N4O8/c1-13(2)20(24-21(28)15-9-17(32-3)11-18(10-15)33-4)23(29)34-12-19-25-26-22(35-19)14-5-7-16(8-6-14)27(30)31/h5-11,13,20H,12H2,1-4H3,(H,24,28). The molecule has 1 amide bonds. The fourth-order valence-electron chi connectivity index (χ4n) is 3.04. The number of esters is 1. The lowest BCUT2D eigenvalue weighted by atomic mass is 10.0. The first kappa shape index (κ1) is 25.1. The summed E-state index contributed by atoms with van der Waals surface area (Å²) >= 11 is 0. The van der Waals surface area contributed by atoms with E-state index in [1.54, 1.807) is 19.9 Å². The number of amides is 1. The van der Waals surface area contributed by atoms with Gasteiger partial charge in [0, 0.05) is 29.3 Å². The van der Waals surface area contributed by atoms with Gasteiger partial charge >= 0.3 is 5.97 Å². The molecule has 0 aliphatic rings. The van der Waals surface area contributed by atoms with Crippen LogP contribution in [0.25, 0.3) is 11.5 Å². The fraction of sp³-hybridized carbons (Fsp3) is 0.304. The Hall–Kier alpha value is -4.48. The minimum atomic E-state index is -0.947. The van der Waals surface area contributed by atoms with Crippen molar-refractivity contribution in [2.45, 2.75) is 26.5 Å². The number of nitro benzene ring substituents is 1. The number of benzene rings is 2. The Balaban J connectivity index is 1.64. The lowest BCUT2D eigenvalue weighted by Crippen LogP contribution is -2.45. The second kappa shape index (κ2) is 11.1. The van der Waals surface area contributed by atoms with Crippen molar-refractivity contribution >= 4 is 17.6 Å². The summed E-state index contributed by atoms with van der Waals surface area (Å²) in [6, 6.07) is 9.30. The number of carbonyl (C=O) groups excluding carboxylic acids is 2. The van der Waals surface area contributed by atoms with Gasteiger partial charge in [0.25, 0.3) is 17.5 Å². The van der Waals surface area contributed by atoms with Crippen molar-refractivity contribution in [3.63, 3.8) is 0 Å². The summed E-state index contributed by atoms with van der Waals surface area (Å²) < 4.78 is 21.1. The minimum absolute atomic E-state index is 0.0260. The molecule has 1 atom stereocenters. The number of ether oxygens (including phenoxy) is 3. The molecule has 0 spiro atoms. The molecule has 184 valence electrons. The van der Waals surface area contributed by atoms with Crippen LogP contribution in [0.4, 0.5) is 5.69 Å². The zero-order valence-electron chi connectivity index (χ0n) is 19.5. The third-order valence-electron chi connectivity index (χ3n) is 4.95. The number of carbonyl (C=O) groups is 2. The van der Waals surface area contributed by atoms with Gasteiger partial charge < -0.3 is 23.9 Å². The Morgan fingerprint density at radius 1 is 1.06 bits per heavy atom. The summed E-state index contributed by atoms with van der Waals surface area (Å²) in [6.07, 6.45) is 0. The molecule has 0 saturated heterocycles. The SMILES string of the molecule is COc1cc(OC)cc(C(=O)NC(C(=O)OCc2nnc(-c3ccc([N+](=O)[O-])cc3)o2)C(C)C)c1. The van der Waals surface area contributed by atoms with Gasteiger partial charge in [-0.1, -0.05) is 13.8 Å². The highest BCUT2D eigenvalue weighted by Gasteiger charge is 2.27. The van der Waals surface area contributed by atoms with Crippen molar-refractivity contribution in [1.29, 1.82) is 0 Å². The van der Waals surface area contributed by atoms with Gasteiger partial charge in [-0.3, -0.25) is 14.9 Å². The highest BCUT2D eigenvalue weighted by molar-refractivity contribution is 5.97. The van der Waals surface area contributed by atoms with Crippen LogP contribution in [0.3, 0.4) is 0 Å². The zero-order valence-corrected chi connectivity index (χ0v) is 19.5. The van der Waals surface area contributed by atoms with E-state index in [1.807, 2.05) is 0 Å². The van der Waals surface area contributed by atoms with Gasteiger partial charge in [0.05, 0.1) is 19.1 Å². The Labute approximate surface area is 200 Å². The molecule has 0 fully saturated rings. The van der Waals surface area contributed by atoms with Gasteiger partial charge in [-0.05, 0) is 30.2 Å². The third kappa shape index (κ3) is 6.31. The lowest BCUT2D eigenvalue weighted by molar-refractivity contribution is -0.384. The molecular formula is C23H24N4O8. The van der Waals surface area contributed by atoms with E-state index in [1.165, 1.54) is 50.6 Å². The molecule has 3 rings (SSSR count). The molecule has 0 radical (unpaired) electrons. The molecular weight excluding hydrogens is 460 g/mol. The van der Waals surface area contributed by atoms with Gasteiger partial charge in [-0.25, -0.2) is 4.79 Å². The molecule has 1 aromatic heterocycles. The van der Waals surface area contributed by atoms with Crippen molar-refractivity contribution in [2.75, 3.05) is 14.2 Å². The molecule has 35 heavy (non-hydrogen) atoms. The van der Waals surface area contributed by atoms with E-state index in [0.717, 1.165) is 0 Å². The highest BCUT2D eigenvalue weighted by atomic mass is 16.6. The normalized spacial score (nSPS) is 11.6. The number of non-ortho nitro benzene ring substituents is 1. The first-order valence-electron chi connectivity index (χ1n) is 10.5. The Morgan fingerprint density at radius 3 is 2.23 bits per heavy atom. The van der Waals surface area contributed by atoms with Crippen LogP contribution in [0.5, 0.6) is 11.5 Å². The Bertz CT molecular complexity index is 1180. The molecule has 1 N–H and O–H groups in total. The minimum Gasteiger partial charge on any atom is -0.497 e. The predicted octanol–water partition coefficient (Wildman–Crippen LogP) is 3.16. The topological polar surface area (TPSA) is 156 Å². The summed E-state index contributed by atoms with van der Waals surface area (Å²) in [5, 5.41) is 21.1. The smallest absolute Gasteiger partial charge is 0.329 e. The van der Waals surface area contributed by atoms with E-state index in [9.17, 15) is 19.7 Å². The Morgan fingerprint density at radius 2 is 1.69 bits per heavy atom. The molecule has 1 unspecified atom stereocenters. The van der Waals surface area contributed by atoms with Crippen LogP contribution >= 0.6 is 0 Å². The second-order valence-electron chi connectivity index (χ2n) is 7.71. The molecule has 0 aliphatic carbocycles. The average Bonchev–Trinajstić information content (AvgIpc) is 3.34. The molecule has 0 saturated carbocycles. The van der Waals surface area contributed by atoms with Crippen molar-refractivity contribution in [3.05, 3.63) is 64.0 Å². The van der Waals surface area contributed by atoms with Crippen molar-refractivity contribution < 1.29 is 33.1 Å². The molecule has 12 nitrogen and oxygen atoms in total. The number of rotatable bonds is 10. The molecule has 1 heterocycles. The van der Waals surface area contributed by atoms with Crippen LogP contribution in [0.2, 0.25) is 0 Å². The van der Waals surface area contributed by atoms with Crippen LogP contribution in [-0.4, -0.2) is 47.3 Å². The number of hydrogen-bond donors (Lipinski definition) is 1.